The average Bonchev–Trinajstić information content (AvgIpc) is 2.70. The summed E-state index contributed by atoms with van der Waals surface area (Å²) in [7, 11) is 0. The maximum Gasteiger partial charge on any atom is 0.253 e. The van der Waals surface area contributed by atoms with Crippen LogP contribution in [0.5, 0.6) is 0 Å². The maximum atomic E-state index is 12.5. The van der Waals surface area contributed by atoms with Gasteiger partial charge in [-0.25, -0.2) is 4.99 Å². The Morgan fingerprint density at radius 3 is 2.42 bits per heavy atom. The molecule has 0 atom stereocenters. The third kappa shape index (κ3) is 6.70. The normalized spacial score (nSPS) is 15.0. The lowest BCUT2D eigenvalue weighted by Gasteiger charge is -2.26. The molecular formula is C21H34N4O. The summed E-state index contributed by atoms with van der Waals surface area (Å²) in [6, 6.07) is 7.90. The molecule has 2 N–H and O–H groups in total. The number of nitrogens with one attached hydrogen (secondary N) is 2. The van der Waals surface area contributed by atoms with Crippen LogP contribution in [0.25, 0.3) is 0 Å². The number of unbranched alkanes of at least 4 members (excludes halogenated alkanes) is 2. The third-order valence-electron chi connectivity index (χ3n) is 4.68. The predicted octanol–water partition coefficient (Wildman–Crippen LogP) is 3.56. The van der Waals surface area contributed by atoms with E-state index >= 15 is 0 Å². The summed E-state index contributed by atoms with van der Waals surface area (Å²) in [4.78, 5) is 19.1. The molecule has 1 aromatic carbocycles. The summed E-state index contributed by atoms with van der Waals surface area (Å²) < 4.78 is 0. The number of aliphatic imine (C=N–C) groups is 1. The number of carbonyl (C=O) groups excluding carboxylic acids is 1. The highest BCUT2D eigenvalue weighted by Gasteiger charge is 2.17. The number of benzene rings is 1. The molecular weight excluding hydrogens is 324 g/mol. The van der Waals surface area contributed by atoms with Crippen molar-refractivity contribution in [3.8, 4) is 0 Å². The topological polar surface area (TPSA) is 56.7 Å². The molecule has 1 aliphatic heterocycles. The van der Waals surface area contributed by atoms with Gasteiger partial charge in [0.05, 0.1) is 6.54 Å². The summed E-state index contributed by atoms with van der Waals surface area (Å²) in [6.45, 7) is 8.47. The van der Waals surface area contributed by atoms with Crippen LogP contribution in [0, 0.1) is 0 Å². The molecule has 0 saturated carbocycles. The first kappa shape index (κ1) is 20.3. The van der Waals surface area contributed by atoms with Crippen LogP contribution in [0.15, 0.2) is 29.3 Å². The fourth-order valence-corrected chi connectivity index (χ4v) is 3.13. The number of hydrogen-bond donors (Lipinski definition) is 2. The standard InChI is InChI=1S/C21H34N4O/c1-3-5-7-14-23-21(22-4-2)24-17-18-10-12-19(13-11-18)20(26)25-15-8-6-9-16-25/h10-13H,3-9,14-17H2,1-2H3,(H2,22,23,24). The van der Waals surface area contributed by atoms with E-state index in [0.29, 0.717) is 6.54 Å². The molecule has 1 amide bonds. The molecule has 1 fully saturated rings. The van der Waals surface area contributed by atoms with Crippen molar-refractivity contribution in [3.05, 3.63) is 35.4 Å². The number of likely N-dealkylation sites (tertiary alicyclic amines) is 1. The van der Waals surface area contributed by atoms with Crippen LogP contribution < -0.4 is 10.6 Å². The van der Waals surface area contributed by atoms with Crippen molar-refractivity contribution in [2.75, 3.05) is 26.2 Å². The molecule has 0 unspecified atom stereocenters. The number of hydrogen-bond acceptors (Lipinski definition) is 2. The minimum atomic E-state index is 0.158. The minimum absolute atomic E-state index is 0.158. The zero-order chi connectivity index (χ0) is 18.6. The van der Waals surface area contributed by atoms with Crippen LogP contribution in [-0.2, 0) is 6.54 Å². The second-order valence-electron chi connectivity index (χ2n) is 6.88. The second-order valence-corrected chi connectivity index (χ2v) is 6.88. The Morgan fingerprint density at radius 1 is 1.04 bits per heavy atom. The summed E-state index contributed by atoms with van der Waals surface area (Å²) in [5, 5.41) is 6.66. The molecule has 0 bridgehead atoms. The number of nitrogens with zero attached hydrogens (tertiary/aromatic N) is 2. The Balaban J connectivity index is 1.88. The van der Waals surface area contributed by atoms with Gasteiger partial charge in [-0.05, 0) is 50.3 Å². The first-order valence-corrected chi connectivity index (χ1v) is 10.1. The quantitative estimate of drug-likeness (QED) is 0.424. The van der Waals surface area contributed by atoms with Gasteiger partial charge in [-0.1, -0.05) is 31.9 Å². The highest BCUT2D eigenvalue weighted by atomic mass is 16.2. The summed E-state index contributed by atoms with van der Waals surface area (Å²) >= 11 is 0. The van der Waals surface area contributed by atoms with Crippen molar-refractivity contribution < 1.29 is 4.79 Å². The van der Waals surface area contributed by atoms with E-state index in [1.54, 1.807) is 0 Å². The molecule has 1 aliphatic rings. The van der Waals surface area contributed by atoms with Gasteiger partial charge in [-0.15, -0.1) is 0 Å². The lowest BCUT2D eigenvalue weighted by Crippen LogP contribution is -2.37. The van der Waals surface area contributed by atoms with E-state index in [1.807, 2.05) is 29.2 Å². The summed E-state index contributed by atoms with van der Waals surface area (Å²) in [5.74, 6) is 1.02. The van der Waals surface area contributed by atoms with Gasteiger partial charge >= 0.3 is 0 Å². The lowest BCUT2D eigenvalue weighted by molar-refractivity contribution is 0.0724. The van der Waals surface area contributed by atoms with Gasteiger partial charge in [0, 0.05) is 31.7 Å². The monoisotopic (exact) mass is 358 g/mol. The van der Waals surface area contributed by atoms with Gasteiger partial charge in [0.25, 0.3) is 5.91 Å². The largest absolute Gasteiger partial charge is 0.357 e. The fraction of sp³-hybridized carbons (Fsp3) is 0.619. The highest BCUT2D eigenvalue weighted by Crippen LogP contribution is 2.14. The van der Waals surface area contributed by atoms with Crippen LogP contribution >= 0.6 is 0 Å². The number of guanidine groups is 1. The fourth-order valence-electron chi connectivity index (χ4n) is 3.13. The van der Waals surface area contributed by atoms with Crippen LogP contribution in [0.4, 0.5) is 0 Å². The van der Waals surface area contributed by atoms with Crippen molar-refractivity contribution >= 4 is 11.9 Å². The van der Waals surface area contributed by atoms with Gasteiger partial charge in [0.1, 0.15) is 0 Å². The minimum Gasteiger partial charge on any atom is -0.357 e. The van der Waals surface area contributed by atoms with Crippen molar-refractivity contribution in [1.82, 2.24) is 15.5 Å². The summed E-state index contributed by atoms with van der Waals surface area (Å²) in [5.41, 5.74) is 1.90. The molecule has 26 heavy (non-hydrogen) atoms. The molecule has 2 rings (SSSR count). The Labute approximate surface area is 158 Å². The molecule has 0 aromatic heterocycles. The maximum absolute atomic E-state index is 12.5. The van der Waals surface area contributed by atoms with Crippen molar-refractivity contribution in [2.45, 2.75) is 58.9 Å². The number of carbonyl (C=O) groups is 1. The molecule has 144 valence electrons. The predicted molar refractivity (Wildman–Crippen MR) is 109 cm³/mol. The molecule has 1 heterocycles. The highest BCUT2D eigenvalue weighted by molar-refractivity contribution is 5.94. The number of piperidine rings is 1. The zero-order valence-electron chi connectivity index (χ0n) is 16.4. The van der Waals surface area contributed by atoms with E-state index in [2.05, 4.69) is 29.5 Å². The molecule has 1 saturated heterocycles. The van der Waals surface area contributed by atoms with Crippen LogP contribution in [-0.4, -0.2) is 42.9 Å². The SMILES string of the molecule is CCCCCNC(=NCc1ccc(C(=O)N2CCCCC2)cc1)NCC. The molecule has 0 spiro atoms. The van der Waals surface area contributed by atoms with Gasteiger partial charge in [0.15, 0.2) is 5.96 Å². The van der Waals surface area contributed by atoms with E-state index in [-0.39, 0.29) is 5.91 Å². The smallest absolute Gasteiger partial charge is 0.253 e. The second kappa shape index (κ2) is 11.6. The number of amides is 1. The Hall–Kier alpha value is -2.04. The van der Waals surface area contributed by atoms with E-state index < -0.39 is 0 Å². The Morgan fingerprint density at radius 2 is 1.77 bits per heavy atom. The number of rotatable bonds is 8. The Kier molecular flexibility index (Phi) is 9.01. The molecule has 5 heteroatoms. The van der Waals surface area contributed by atoms with Crippen molar-refractivity contribution in [1.29, 1.82) is 0 Å². The molecule has 5 nitrogen and oxygen atoms in total. The molecule has 0 radical (unpaired) electrons. The Bertz CT molecular complexity index is 562. The summed E-state index contributed by atoms with van der Waals surface area (Å²) in [6.07, 6.45) is 7.10. The van der Waals surface area contributed by atoms with E-state index in [9.17, 15) is 4.79 Å². The lowest BCUT2D eigenvalue weighted by atomic mass is 10.1. The molecule has 1 aromatic rings. The van der Waals surface area contributed by atoms with Gasteiger partial charge in [0.2, 0.25) is 0 Å². The first-order valence-electron chi connectivity index (χ1n) is 10.1. The zero-order valence-corrected chi connectivity index (χ0v) is 16.4. The average molecular weight is 359 g/mol. The van der Waals surface area contributed by atoms with Crippen molar-refractivity contribution in [3.63, 3.8) is 0 Å². The van der Waals surface area contributed by atoms with Crippen LogP contribution in [0.3, 0.4) is 0 Å². The van der Waals surface area contributed by atoms with Gasteiger partial charge in [-0.3, -0.25) is 4.79 Å². The third-order valence-corrected chi connectivity index (χ3v) is 4.68. The van der Waals surface area contributed by atoms with Crippen LogP contribution in [0.1, 0.15) is 68.3 Å². The van der Waals surface area contributed by atoms with Crippen molar-refractivity contribution in [2.24, 2.45) is 4.99 Å². The van der Waals surface area contributed by atoms with E-state index in [1.165, 1.54) is 19.3 Å². The van der Waals surface area contributed by atoms with E-state index in [4.69, 9.17) is 0 Å². The van der Waals surface area contributed by atoms with Gasteiger partial charge in [-0.2, -0.15) is 0 Å². The van der Waals surface area contributed by atoms with Gasteiger partial charge < -0.3 is 15.5 Å². The first-order chi connectivity index (χ1) is 12.7. The van der Waals surface area contributed by atoms with Crippen LogP contribution in [0.2, 0.25) is 0 Å². The van der Waals surface area contributed by atoms with E-state index in [0.717, 1.165) is 62.5 Å². The molecule has 0 aliphatic carbocycles.